The van der Waals surface area contributed by atoms with Gasteiger partial charge in [-0.25, -0.2) is 13.2 Å². The van der Waals surface area contributed by atoms with Crippen LogP contribution in [0.5, 0.6) is 0 Å². The zero-order chi connectivity index (χ0) is 21.1. The van der Waals surface area contributed by atoms with Gasteiger partial charge < -0.3 is 14.2 Å². The molecule has 1 fully saturated rings. The van der Waals surface area contributed by atoms with Crippen LogP contribution in [-0.2, 0) is 14.8 Å². The molecule has 0 N–H and O–H groups in total. The second-order valence-electron chi connectivity index (χ2n) is 6.64. The summed E-state index contributed by atoms with van der Waals surface area (Å²) in [5.74, 6) is -0.244. The van der Waals surface area contributed by atoms with Crippen molar-refractivity contribution in [1.29, 1.82) is 0 Å². The van der Waals surface area contributed by atoms with Crippen molar-refractivity contribution in [3.63, 3.8) is 0 Å². The summed E-state index contributed by atoms with van der Waals surface area (Å²) >= 11 is 1.09. The van der Waals surface area contributed by atoms with Gasteiger partial charge in [0.25, 0.3) is 10.0 Å². The number of hydrogen-bond donors (Lipinski definition) is 0. The van der Waals surface area contributed by atoms with E-state index in [0.717, 1.165) is 17.0 Å². The van der Waals surface area contributed by atoms with E-state index in [9.17, 15) is 13.2 Å². The predicted octanol–water partition coefficient (Wildman–Crippen LogP) is 3.09. The van der Waals surface area contributed by atoms with Crippen LogP contribution in [0.15, 0.2) is 57.3 Å². The molecule has 1 aromatic carbocycles. The molecule has 3 heterocycles. The molecule has 0 saturated carbocycles. The first kappa shape index (κ1) is 20.6. The first-order valence-corrected chi connectivity index (χ1v) is 11.8. The third-order valence-corrected chi connectivity index (χ3v) is 8.24. The number of thiophene rings is 1. The van der Waals surface area contributed by atoms with E-state index in [2.05, 4.69) is 10.1 Å². The van der Waals surface area contributed by atoms with Crippen LogP contribution in [0, 0.1) is 0 Å². The van der Waals surface area contributed by atoms with Crippen LogP contribution in [0.2, 0.25) is 0 Å². The number of para-hydroxylation sites is 1. The van der Waals surface area contributed by atoms with Crippen molar-refractivity contribution < 1.29 is 22.5 Å². The van der Waals surface area contributed by atoms with E-state index < -0.39 is 16.0 Å². The molecule has 0 atom stereocenters. The summed E-state index contributed by atoms with van der Waals surface area (Å²) in [5, 5.41) is 3.70. The molecule has 0 spiro atoms. The Bertz CT molecular complexity index is 1120. The SMILES string of the molecule is CCOC(=O)c1cc(-c2ccc(S(=O)(=O)N3CCN(c4ccccc4)CC3)s2)on1. The Balaban J connectivity index is 1.46. The Morgan fingerprint density at radius 3 is 2.57 bits per heavy atom. The van der Waals surface area contributed by atoms with Crippen molar-refractivity contribution >= 4 is 33.0 Å². The molecule has 0 bridgehead atoms. The van der Waals surface area contributed by atoms with Gasteiger partial charge in [0.05, 0.1) is 11.5 Å². The van der Waals surface area contributed by atoms with Gasteiger partial charge in [-0.05, 0) is 31.2 Å². The zero-order valence-electron chi connectivity index (χ0n) is 16.4. The van der Waals surface area contributed by atoms with Gasteiger partial charge in [-0.15, -0.1) is 11.3 Å². The highest BCUT2D eigenvalue weighted by Gasteiger charge is 2.30. The van der Waals surface area contributed by atoms with Crippen LogP contribution < -0.4 is 4.90 Å². The van der Waals surface area contributed by atoms with Crippen LogP contribution in [0.25, 0.3) is 10.6 Å². The lowest BCUT2D eigenvalue weighted by atomic mass is 10.2. The quantitative estimate of drug-likeness (QED) is 0.536. The first-order chi connectivity index (χ1) is 14.5. The van der Waals surface area contributed by atoms with E-state index in [1.165, 1.54) is 10.4 Å². The Kier molecular flexibility index (Phi) is 5.89. The number of carbonyl (C=O) groups excluding carboxylic acids is 1. The molecule has 3 aromatic rings. The van der Waals surface area contributed by atoms with Crippen molar-refractivity contribution in [1.82, 2.24) is 9.46 Å². The van der Waals surface area contributed by atoms with Crippen LogP contribution in [0.4, 0.5) is 5.69 Å². The van der Waals surface area contributed by atoms with E-state index in [4.69, 9.17) is 9.26 Å². The highest BCUT2D eigenvalue weighted by Crippen LogP contribution is 2.33. The van der Waals surface area contributed by atoms with Crippen molar-refractivity contribution in [2.45, 2.75) is 11.1 Å². The Hall–Kier alpha value is -2.69. The van der Waals surface area contributed by atoms with Gasteiger partial charge in [-0.3, -0.25) is 0 Å². The predicted molar refractivity (Wildman–Crippen MR) is 113 cm³/mol. The van der Waals surface area contributed by atoms with Crippen molar-refractivity contribution in [2.24, 2.45) is 0 Å². The molecule has 4 rings (SSSR count). The van der Waals surface area contributed by atoms with Crippen molar-refractivity contribution in [3.8, 4) is 10.6 Å². The summed E-state index contributed by atoms with van der Waals surface area (Å²) in [7, 11) is -3.60. The number of rotatable bonds is 6. The number of aromatic nitrogens is 1. The number of esters is 1. The molecular weight excluding hydrogens is 426 g/mol. The molecule has 0 aliphatic carbocycles. The third kappa shape index (κ3) is 4.11. The minimum atomic E-state index is -3.60. The summed E-state index contributed by atoms with van der Waals surface area (Å²) in [6.45, 7) is 4.04. The maximum Gasteiger partial charge on any atom is 0.360 e. The fraction of sp³-hybridized carbons (Fsp3) is 0.300. The Labute approximate surface area is 178 Å². The van der Waals surface area contributed by atoms with Crippen LogP contribution in [0.1, 0.15) is 17.4 Å². The normalized spacial score (nSPS) is 15.3. The molecular formula is C20H21N3O5S2. The minimum absolute atomic E-state index is 0.0571. The maximum atomic E-state index is 13.1. The van der Waals surface area contributed by atoms with Crippen LogP contribution in [-0.4, -0.2) is 56.6 Å². The lowest BCUT2D eigenvalue weighted by Crippen LogP contribution is -2.48. The lowest BCUT2D eigenvalue weighted by Gasteiger charge is -2.35. The van der Waals surface area contributed by atoms with Crippen LogP contribution in [0.3, 0.4) is 0 Å². The average molecular weight is 448 g/mol. The van der Waals surface area contributed by atoms with Gasteiger partial charge in [0, 0.05) is 37.9 Å². The van der Waals surface area contributed by atoms with E-state index in [-0.39, 0.29) is 16.5 Å². The second-order valence-corrected chi connectivity index (χ2v) is 9.89. The molecule has 1 saturated heterocycles. The molecule has 0 amide bonds. The van der Waals surface area contributed by atoms with Gasteiger partial charge in [-0.1, -0.05) is 23.4 Å². The Morgan fingerprint density at radius 1 is 1.13 bits per heavy atom. The van der Waals surface area contributed by atoms with Gasteiger partial charge in [-0.2, -0.15) is 4.31 Å². The van der Waals surface area contributed by atoms with E-state index in [0.29, 0.717) is 36.8 Å². The van der Waals surface area contributed by atoms with E-state index in [1.54, 1.807) is 19.1 Å². The summed E-state index contributed by atoms with van der Waals surface area (Å²) < 4.78 is 38.0. The molecule has 0 radical (unpaired) electrons. The molecule has 10 heteroatoms. The fourth-order valence-corrected chi connectivity index (χ4v) is 6.07. The zero-order valence-corrected chi connectivity index (χ0v) is 18.0. The molecule has 158 valence electrons. The number of anilines is 1. The number of carbonyl (C=O) groups is 1. The van der Waals surface area contributed by atoms with Gasteiger partial charge in [0.2, 0.25) is 0 Å². The molecule has 30 heavy (non-hydrogen) atoms. The maximum absolute atomic E-state index is 13.1. The first-order valence-electron chi connectivity index (χ1n) is 9.53. The second kappa shape index (κ2) is 8.58. The van der Waals surface area contributed by atoms with Gasteiger partial charge in [0.1, 0.15) is 4.21 Å². The number of hydrogen-bond acceptors (Lipinski definition) is 8. The number of ether oxygens (including phenoxy) is 1. The van der Waals surface area contributed by atoms with E-state index >= 15 is 0 Å². The molecule has 8 nitrogen and oxygen atoms in total. The summed E-state index contributed by atoms with van der Waals surface area (Å²) in [5.41, 5.74) is 1.15. The molecule has 1 aliphatic rings. The lowest BCUT2D eigenvalue weighted by molar-refractivity contribution is 0.0514. The molecule has 1 aliphatic heterocycles. The number of nitrogens with zero attached hydrogens (tertiary/aromatic N) is 3. The number of piperazine rings is 1. The smallest absolute Gasteiger partial charge is 0.360 e. The third-order valence-electron chi connectivity index (χ3n) is 4.77. The molecule has 0 unspecified atom stereocenters. The molecule has 2 aromatic heterocycles. The van der Waals surface area contributed by atoms with Crippen molar-refractivity contribution in [2.75, 3.05) is 37.7 Å². The van der Waals surface area contributed by atoms with E-state index in [1.807, 2.05) is 30.3 Å². The highest BCUT2D eigenvalue weighted by molar-refractivity contribution is 7.91. The topological polar surface area (TPSA) is 93.0 Å². The number of sulfonamides is 1. The average Bonchev–Trinajstić information content (AvgIpc) is 3.45. The Morgan fingerprint density at radius 2 is 1.87 bits per heavy atom. The highest BCUT2D eigenvalue weighted by atomic mass is 32.2. The summed E-state index contributed by atoms with van der Waals surface area (Å²) in [6, 6.07) is 14.6. The van der Waals surface area contributed by atoms with Gasteiger partial charge in [0.15, 0.2) is 11.5 Å². The standard InChI is InChI=1S/C20H21N3O5S2/c1-2-27-20(24)16-14-17(28-21-16)18-8-9-19(29-18)30(25,26)23-12-10-22(11-13-23)15-6-4-3-5-7-15/h3-9,14H,2,10-13H2,1H3. The fourth-order valence-electron chi connectivity index (χ4n) is 3.24. The summed E-state index contributed by atoms with van der Waals surface area (Å²) in [4.78, 5) is 14.5. The van der Waals surface area contributed by atoms with Gasteiger partial charge >= 0.3 is 5.97 Å². The number of benzene rings is 1. The monoisotopic (exact) mass is 447 g/mol. The van der Waals surface area contributed by atoms with Crippen LogP contribution >= 0.6 is 11.3 Å². The van der Waals surface area contributed by atoms with Crippen molar-refractivity contribution in [3.05, 3.63) is 54.2 Å². The summed E-state index contributed by atoms with van der Waals surface area (Å²) in [6.07, 6.45) is 0. The minimum Gasteiger partial charge on any atom is -0.461 e. The largest absolute Gasteiger partial charge is 0.461 e.